The lowest BCUT2D eigenvalue weighted by atomic mass is 10.2. The van der Waals surface area contributed by atoms with E-state index in [4.69, 9.17) is 0 Å². The first kappa shape index (κ1) is 16.0. The molecule has 2 N–H and O–H groups in total. The number of benzene rings is 1. The number of rotatable bonds is 8. The maximum absolute atomic E-state index is 9.27. The summed E-state index contributed by atoms with van der Waals surface area (Å²) < 4.78 is 1.18. The third kappa shape index (κ3) is 4.85. The average molecular weight is 341 g/mol. The fraction of sp³-hybridized carbons (Fsp3) is 0.625. The van der Waals surface area contributed by atoms with Crippen LogP contribution >= 0.6 is 15.9 Å². The molecule has 0 aromatic heterocycles. The Kier molecular flexibility index (Phi) is 7.00. The summed E-state index contributed by atoms with van der Waals surface area (Å²) in [6.07, 6.45) is 4.81. The molecule has 1 aromatic rings. The lowest BCUT2D eigenvalue weighted by Crippen LogP contribution is -2.33. The van der Waals surface area contributed by atoms with Gasteiger partial charge in [0.1, 0.15) is 0 Å². The number of hydrogen-bond acceptors (Lipinski definition) is 3. The van der Waals surface area contributed by atoms with Crippen LogP contribution in [0.2, 0.25) is 0 Å². The highest BCUT2D eigenvalue weighted by atomic mass is 79.9. The van der Waals surface area contributed by atoms with Crippen molar-refractivity contribution in [2.45, 2.75) is 38.3 Å². The molecule has 0 saturated carbocycles. The van der Waals surface area contributed by atoms with Gasteiger partial charge in [0.25, 0.3) is 0 Å². The Balaban J connectivity index is 1.55. The van der Waals surface area contributed by atoms with E-state index in [2.05, 4.69) is 44.3 Å². The van der Waals surface area contributed by atoms with Gasteiger partial charge in [-0.1, -0.05) is 34.1 Å². The van der Waals surface area contributed by atoms with E-state index in [0.717, 1.165) is 32.6 Å². The zero-order chi connectivity index (χ0) is 14.2. The van der Waals surface area contributed by atoms with E-state index in [-0.39, 0.29) is 0 Å². The minimum absolute atomic E-state index is 0.320. The number of nitrogens with zero attached hydrogens (tertiary/aromatic N) is 1. The molecule has 1 unspecified atom stereocenters. The van der Waals surface area contributed by atoms with Crippen LogP contribution < -0.4 is 5.32 Å². The van der Waals surface area contributed by atoms with Gasteiger partial charge in [-0.25, -0.2) is 0 Å². The second-order valence-electron chi connectivity index (χ2n) is 5.49. The average Bonchev–Trinajstić information content (AvgIpc) is 2.92. The van der Waals surface area contributed by atoms with Gasteiger partial charge in [0, 0.05) is 17.1 Å². The summed E-state index contributed by atoms with van der Waals surface area (Å²) in [6, 6.07) is 8.76. The van der Waals surface area contributed by atoms with Crippen molar-refractivity contribution in [2.24, 2.45) is 0 Å². The van der Waals surface area contributed by atoms with E-state index in [1.54, 1.807) is 0 Å². The van der Waals surface area contributed by atoms with Gasteiger partial charge >= 0.3 is 0 Å². The normalized spacial score (nSPS) is 19.6. The molecule has 1 aromatic carbocycles. The molecular formula is C16H25BrN2O. The number of nitrogens with one attached hydrogen (secondary N) is 1. The molecule has 1 saturated heterocycles. The van der Waals surface area contributed by atoms with E-state index in [9.17, 15) is 5.11 Å². The SMILES string of the molecule is OCC1CCCN1CCCCNCc1ccccc1Br. The zero-order valence-electron chi connectivity index (χ0n) is 12.0. The first-order valence-electron chi connectivity index (χ1n) is 7.60. The number of hydrogen-bond donors (Lipinski definition) is 2. The second-order valence-corrected chi connectivity index (χ2v) is 6.34. The van der Waals surface area contributed by atoms with Gasteiger partial charge < -0.3 is 10.4 Å². The van der Waals surface area contributed by atoms with Gasteiger partial charge in [-0.2, -0.15) is 0 Å². The molecule has 20 heavy (non-hydrogen) atoms. The zero-order valence-corrected chi connectivity index (χ0v) is 13.6. The van der Waals surface area contributed by atoms with Crippen LogP contribution in [-0.2, 0) is 6.54 Å². The van der Waals surface area contributed by atoms with Crippen LogP contribution in [0.5, 0.6) is 0 Å². The standard InChI is InChI=1S/C16H25BrN2O/c17-16-8-2-1-6-14(16)12-18-9-3-4-10-19-11-5-7-15(19)13-20/h1-2,6,8,15,18,20H,3-5,7,9-13H2. The summed E-state index contributed by atoms with van der Waals surface area (Å²) in [7, 11) is 0. The van der Waals surface area contributed by atoms with Gasteiger partial charge in [-0.05, 0) is 56.9 Å². The highest BCUT2D eigenvalue weighted by molar-refractivity contribution is 9.10. The van der Waals surface area contributed by atoms with Crippen LogP contribution in [0.3, 0.4) is 0 Å². The number of aliphatic hydroxyl groups excluding tert-OH is 1. The Morgan fingerprint density at radius 1 is 1.30 bits per heavy atom. The summed E-state index contributed by atoms with van der Waals surface area (Å²) in [6.45, 7) is 4.58. The molecule has 1 aliphatic rings. The number of unbranched alkanes of at least 4 members (excludes halogenated alkanes) is 1. The van der Waals surface area contributed by atoms with Gasteiger partial charge in [-0.15, -0.1) is 0 Å². The summed E-state index contributed by atoms with van der Waals surface area (Å²) in [5, 5.41) is 12.8. The highest BCUT2D eigenvalue weighted by Gasteiger charge is 2.22. The van der Waals surface area contributed by atoms with Crippen molar-refractivity contribution < 1.29 is 5.11 Å². The predicted octanol–water partition coefficient (Wildman–Crippen LogP) is 2.78. The van der Waals surface area contributed by atoms with E-state index in [1.165, 1.54) is 29.3 Å². The molecule has 1 atom stereocenters. The fourth-order valence-corrected chi connectivity index (χ4v) is 3.25. The largest absolute Gasteiger partial charge is 0.395 e. The van der Waals surface area contributed by atoms with Crippen LogP contribution in [0.4, 0.5) is 0 Å². The molecule has 0 spiro atoms. The Bertz CT molecular complexity index is 400. The minimum Gasteiger partial charge on any atom is -0.395 e. The van der Waals surface area contributed by atoms with Gasteiger partial charge in [0.2, 0.25) is 0 Å². The molecule has 0 amide bonds. The monoisotopic (exact) mass is 340 g/mol. The van der Waals surface area contributed by atoms with Gasteiger partial charge in [0.15, 0.2) is 0 Å². The molecular weight excluding hydrogens is 316 g/mol. The molecule has 0 radical (unpaired) electrons. The van der Waals surface area contributed by atoms with Crippen molar-refractivity contribution in [1.29, 1.82) is 0 Å². The van der Waals surface area contributed by atoms with E-state index >= 15 is 0 Å². The molecule has 112 valence electrons. The van der Waals surface area contributed by atoms with Crippen LogP contribution in [0, 0.1) is 0 Å². The van der Waals surface area contributed by atoms with E-state index in [1.807, 2.05) is 6.07 Å². The number of likely N-dealkylation sites (tertiary alicyclic amines) is 1. The van der Waals surface area contributed by atoms with Crippen molar-refractivity contribution in [3.05, 3.63) is 34.3 Å². The molecule has 2 rings (SSSR count). The minimum atomic E-state index is 0.320. The molecule has 4 heteroatoms. The maximum Gasteiger partial charge on any atom is 0.0586 e. The lowest BCUT2D eigenvalue weighted by Gasteiger charge is -2.22. The third-order valence-corrected chi connectivity index (χ3v) is 4.81. The van der Waals surface area contributed by atoms with Crippen molar-refractivity contribution in [3.63, 3.8) is 0 Å². The van der Waals surface area contributed by atoms with Crippen LogP contribution in [0.15, 0.2) is 28.7 Å². The van der Waals surface area contributed by atoms with Crippen molar-refractivity contribution in [2.75, 3.05) is 26.2 Å². The molecule has 1 aliphatic heterocycles. The number of halogens is 1. The Morgan fingerprint density at radius 3 is 2.95 bits per heavy atom. The quantitative estimate of drug-likeness (QED) is 0.714. The van der Waals surface area contributed by atoms with Crippen molar-refractivity contribution in [3.8, 4) is 0 Å². The topological polar surface area (TPSA) is 35.5 Å². The van der Waals surface area contributed by atoms with Crippen LogP contribution in [0.1, 0.15) is 31.2 Å². The molecule has 3 nitrogen and oxygen atoms in total. The second kappa shape index (κ2) is 8.78. The third-order valence-electron chi connectivity index (χ3n) is 4.03. The smallest absolute Gasteiger partial charge is 0.0586 e. The first-order chi connectivity index (χ1) is 9.81. The molecule has 0 aliphatic carbocycles. The summed E-state index contributed by atoms with van der Waals surface area (Å²) >= 11 is 3.57. The Morgan fingerprint density at radius 2 is 2.15 bits per heavy atom. The van der Waals surface area contributed by atoms with Gasteiger partial charge in [0.05, 0.1) is 6.61 Å². The summed E-state index contributed by atoms with van der Waals surface area (Å²) in [5.41, 5.74) is 1.31. The predicted molar refractivity (Wildman–Crippen MR) is 86.8 cm³/mol. The molecule has 1 fully saturated rings. The molecule has 0 bridgehead atoms. The maximum atomic E-state index is 9.27. The van der Waals surface area contributed by atoms with Gasteiger partial charge in [-0.3, -0.25) is 4.90 Å². The van der Waals surface area contributed by atoms with Crippen LogP contribution in [-0.4, -0.2) is 42.3 Å². The van der Waals surface area contributed by atoms with Crippen LogP contribution in [0.25, 0.3) is 0 Å². The molecule has 1 heterocycles. The summed E-state index contributed by atoms with van der Waals surface area (Å²) in [4.78, 5) is 2.44. The Hall–Kier alpha value is -0.420. The van der Waals surface area contributed by atoms with Crippen molar-refractivity contribution in [1.82, 2.24) is 10.2 Å². The van der Waals surface area contributed by atoms with E-state index in [0.29, 0.717) is 12.6 Å². The highest BCUT2D eigenvalue weighted by Crippen LogP contribution is 2.17. The first-order valence-corrected chi connectivity index (χ1v) is 8.39. The fourth-order valence-electron chi connectivity index (χ4n) is 2.83. The lowest BCUT2D eigenvalue weighted by molar-refractivity contribution is 0.157. The number of aliphatic hydroxyl groups is 1. The summed E-state index contributed by atoms with van der Waals surface area (Å²) in [5.74, 6) is 0. The van der Waals surface area contributed by atoms with E-state index < -0.39 is 0 Å². The van der Waals surface area contributed by atoms with Crippen molar-refractivity contribution >= 4 is 15.9 Å². The Labute approximate surface area is 130 Å².